The lowest BCUT2D eigenvalue weighted by Crippen LogP contribution is -2.65. The van der Waals surface area contributed by atoms with E-state index in [1.807, 2.05) is 20.8 Å². The van der Waals surface area contributed by atoms with E-state index in [-0.39, 0.29) is 63.2 Å². The highest BCUT2D eigenvalue weighted by molar-refractivity contribution is 6.31. The van der Waals surface area contributed by atoms with Crippen LogP contribution in [-0.2, 0) is 74.9 Å². The number of hydrogen-bond donors (Lipinski definition) is 3. The zero-order valence-corrected chi connectivity index (χ0v) is 59.5. The number of aryl methyl sites for hydroxylation is 1. The van der Waals surface area contributed by atoms with Gasteiger partial charge >= 0.3 is 6.18 Å². The Labute approximate surface area is 573 Å². The fourth-order valence-electron chi connectivity index (χ4n) is 14.2. The minimum absolute atomic E-state index is 0.0216. The minimum atomic E-state index is -4.77. The number of benzene rings is 1. The Hall–Kier alpha value is -7.10. The van der Waals surface area contributed by atoms with Crippen LogP contribution in [-0.4, -0.2) is 265 Å². The van der Waals surface area contributed by atoms with E-state index in [1.54, 1.807) is 11.8 Å². The number of hydrogen-bond acceptors (Lipinski definition) is 13. The Balaban J connectivity index is 1.43. The van der Waals surface area contributed by atoms with Crippen molar-refractivity contribution in [3.05, 3.63) is 34.3 Å². The number of nitrogens with zero attached hydrogens (tertiary/aromatic N) is 9. The molecule has 3 N–H and O–H groups in total. The minimum Gasteiger partial charge on any atom is -0.382 e. The molecule has 2 saturated carbocycles. The SMILES string of the molecule is CC[C@H](C)[C@@H]1NC(=O)[C@H](CC(C)C)N(C)C(=O)C[C@@H](C(=O)N2CCCCC2)N(C)C(=O)[C@H](C2CCCCC2)N(C)C(=O)C2(CCCC2)NC(=O)[C@@H]2CCCN2C(=O)[C@H](CCc2ccc(C(F)(F)F)c(Cl)c2)NC(=O)CN(C)C(=O)[C@H](COC)N(C)C(=O)CN(C)C(=O)CN(C)C1=O. The number of alkyl halides is 3. The summed E-state index contributed by atoms with van der Waals surface area (Å²) in [4.78, 5) is 188. The van der Waals surface area contributed by atoms with Crippen molar-refractivity contribution in [2.75, 3.05) is 102 Å². The molecule has 542 valence electrons. The van der Waals surface area contributed by atoms with Gasteiger partial charge in [0.2, 0.25) is 70.9 Å². The Morgan fingerprint density at radius 3 is 1.87 bits per heavy atom. The molecule has 1 aromatic carbocycles. The topological polar surface area (TPSA) is 279 Å². The fraction of sp³-hybridized carbons (Fsp3) is 0.735. The first-order valence-corrected chi connectivity index (χ1v) is 34.7. The van der Waals surface area contributed by atoms with Crippen LogP contribution in [0.5, 0.6) is 0 Å². The highest BCUT2D eigenvalue weighted by Gasteiger charge is 2.51. The van der Waals surface area contributed by atoms with Crippen LogP contribution in [0.1, 0.15) is 154 Å². The van der Waals surface area contributed by atoms with Crippen LogP contribution in [0.3, 0.4) is 0 Å². The van der Waals surface area contributed by atoms with Crippen molar-refractivity contribution in [2.45, 2.75) is 204 Å². The van der Waals surface area contributed by atoms with E-state index in [4.69, 9.17) is 16.3 Å². The van der Waals surface area contributed by atoms with Gasteiger partial charge in [0.1, 0.15) is 47.8 Å². The van der Waals surface area contributed by atoms with Gasteiger partial charge in [0.25, 0.3) is 0 Å². The van der Waals surface area contributed by atoms with Gasteiger partial charge < -0.3 is 64.8 Å². The van der Waals surface area contributed by atoms with Crippen LogP contribution in [0.4, 0.5) is 13.2 Å². The van der Waals surface area contributed by atoms with Gasteiger partial charge in [-0.15, -0.1) is 0 Å². The van der Waals surface area contributed by atoms with Crippen LogP contribution in [0, 0.1) is 17.8 Å². The number of rotatable bonds is 11. The van der Waals surface area contributed by atoms with Crippen molar-refractivity contribution in [3.8, 4) is 0 Å². The number of methoxy groups -OCH3 is 1. The van der Waals surface area contributed by atoms with Crippen molar-refractivity contribution >= 4 is 82.5 Å². The monoisotopic (exact) mass is 1390 g/mol. The smallest absolute Gasteiger partial charge is 0.382 e. The van der Waals surface area contributed by atoms with Crippen molar-refractivity contribution < 1.29 is 75.4 Å². The van der Waals surface area contributed by atoms with Crippen LogP contribution in [0.15, 0.2) is 18.2 Å². The van der Waals surface area contributed by atoms with Crippen molar-refractivity contribution in [2.24, 2.45) is 17.8 Å². The second kappa shape index (κ2) is 35.1. The summed E-state index contributed by atoms with van der Waals surface area (Å²) in [6.45, 7) is 5.83. The van der Waals surface area contributed by atoms with Gasteiger partial charge in [0, 0.05) is 76.1 Å². The maximum absolute atomic E-state index is 15.8. The first-order valence-electron chi connectivity index (χ1n) is 34.3. The number of fused-ring (bicyclic) bond motifs is 1. The van der Waals surface area contributed by atoms with E-state index in [0.29, 0.717) is 64.5 Å². The molecule has 0 unspecified atom stereocenters. The highest BCUT2D eigenvalue weighted by Crippen LogP contribution is 2.38. The van der Waals surface area contributed by atoms with Gasteiger partial charge in [-0.2, -0.15) is 13.2 Å². The first kappa shape index (κ1) is 78.9. The van der Waals surface area contributed by atoms with E-state index < -0.39 is 173 Å². The highest BCUT2D eigenvalue weighted by atomic mass is 35.5. The van der Waals surface area contributed by atoms with E-state index in [1.165, 1.54) is 82.1 Å². The lowest BCUT2D eigenvalue weighted by Gasteiger charge is -2.43. The fourth-order valence-corrected chi connectivity index (χ4v) is 14.5. The molecular weight excluding hydrogens is 1290 g/mol. The largest absolute Gasteiger partial charge is 0.417 e. The molecule has 12 amide bonds. The Bertz CT molecular complexity index is 3010. The van der Waals surface area contributed by atoms with Gasteiger partial charge in [0.05, 0.1) is 43.2 Å². The molecular formula is C68H104ClF3N12O13. The maximum atomic E-state index is 15.8. The number of likely N-dealkylation sites (N-methyl/N-ethyl adjacent to an activating group) is 7. The van der Waals surface area contributed by atoms with Crippen LogP contribution < -0.4 is 16.0 Å². The molecule has 5 aliphatic rings. The molecule has 6 rings (SSSR count). The van der Waals surface area contributed by atoms with Gasteiger partial charge in [0.15, 0.2) is 0 Å². The third-order valence-electron chi connectivity index (χ3n) is 20.4. The molecule has 25 nitrogen and oxygen atoms in total. The predicted molar refractivity (Wildman–Crippen MR) is 354 cm³/mol. The zero-order valence-electron chi connectivity index (χ0n) is 58.7. The predicted octanol–water partition coefficient (Wildman–Crippen LogP) is 4.10. The summed E-state index contributed by atoms with van der Waals surface area (Å²) >= 11 is 6.12. The van der Waals surface area contributed by atoms with Crippen LogP contribution in [0.2, 0.25) is 5.02 Å². The molecule has 8 atom stereocenters. The average molecular weight is 1390 g/mol. The third-order valence-corrected chi connectivity index (χ3v) is 20.7. The van der Waals surface area contributed by atoms with E-state index in [9.17, 15) is 41.9 Å². The van der Waals surface area contributed by atoms with Gasteiger partial charge in [-0.05, 0) is 112 Å². The standard InChI is InChI=1S/C68H104ClF3N12O13/c1-13-43(4)57-64(94)78(7)39-55(87)76(5)40-56(88)80(9)52(41-97-12)62(92)77(6)38-53(85)73-48(29-27-44-26-28-46(47(69)36-44)68(70,71)72)61(91)84-34-22-25-49(84)60(90)75-67(30-18-19-31-67)66(96)82(11)58(45-23-16-14-17-24-45)65(95)81(10)51(63(93)83-32-20-15-21-33-83)37-54(86)79(8)50(35-42(2)3)59(89)74-57/h26,28,36,42-43,45,48-52,57-58H,13-25,27,29-35,37-41H2,1-12H3,(H,73,85)(H,74,89)(H,75,90)/t43-,48-,49-,50-,51-,52-,57-,58-/m0/s1. The molecule has 2 aliphatic carbocycles. The van der Waals surface area contributed by atoms with E-state index >= 15 is 28.8 Å². The summed E-state index contributed by atoms with van der Waals surface area (Å²) in [7, 11) is 10.9. The summed E-state index contributed by atoms with van der Waals surface area (Å²) < 4.78 is 46.8. The molecule has 29 heteroatoms. The molecule has 0 aromatic heterocycles. The second-order valence-corrected chi connectivity index (χ2v) is 28.3. The number of carbonyl (C=O) groups excluding carboxylic acids is 12. The Kier molecular flexibility index (Phi) is 28.5. The molecule has 1 spiro atoms. The Morgan fingerprint density at radius 1 is 0.660 bits per heavy atom. The summed E-state index contributed by atoms with van der Waals surface area (Å²) in [5, 5.41) is 8.04. The van der Waals surface area contributed by atoms with Gasteiger partial charge in [-0.1, -0.05) is 83.9 Å². The molecule has 3 saturated heterocycles. The third kappa shape index (κ3) is 19.9. The van der Waals surface area contributed by atoms with Crippen molar-refractivity contribution in [1.29, 1.82) is 0 Å². The molecule has 97 heavy (non-hydrogen) atoms. The molecule has 5 fully saturated rings. The zero-order chi connectivity index (χ0) is 72.0. The number of likely N-dealkylation sites (tertiary alicyclic amines) is 1. The lowest BCUT2D eigenvalue weighted by molar-refractivity contribution is -0.157. The van der Waals surface area contributed by atoms with Crippen molar-refractivity contribution in [3.63, 3.8) is 0 Å². The number of nitrogens with one attached hydrogen (secondary N) is 3. The second-order valence-electron chi connectivity index (χ2n) is 27.9. The number of piperidine rings is 1. The normalized spacial score (nSPS) is 26.3. The molecule has 3 heterocycles. The maximum Gasteiger partial charge on any atom is 0.417 e. The summed E-state index contributed by atoms with van der Waals surface area (Å²) in [5.41, 5.74) is -2.38. The average Bonchev–Trinajstić information content (AvgIpc) is 1.77. The molecule has 3 aliphatic heterocycles. The van der Waals surface area contributed by atoms with E-state index in [0.717, 1.165) is 57.4 Å². The molecule has 0 bridgehead atoms. The molecule has 0 radical (unpaired) electrons. The van der Waals surface area contributed by atoms with Gasteiger partial charge in [-0.25, -0.2) is 0 Å². The summed E-state index contributed by atoms with van der Waals surface area (Å²) in [5.74, 6) is -9.25. The number of halogens is 4. The lowest BCUT2D eigenvalue weighted by atomic mass is 9.81. The van der Waals surface area contributed by atoms with Crippen LogP contribution >= 0.6 is 11.6 Å². The van der Waals surface area contributed by atoms with Crippen LogP contribution in [0.25, 0.3) is 0 Å². The quantitative estimate of drug-likeness (QED) is 0.282. The number of ether oxygens (including phenoxy) is 1. The number of amides is 12. The van der Waals surface area contributed by atoms with E-state index in [2.05, 4.69) is 16.0 Å². The summed E-state index contributed by atoms with van der Waals surface area (Å²) in [6, 6.07) is -5.90. The Morgan fingerprint density at radius 2 is 1.27 bits per heavy atom. The summed E-state index contributed by atoms with van der Waals surface area (Å²) in [6.07, 6.45) is 2.36. The molecule has 1 aromatic rings. The number of carbonyl (C=O) groups is 12. The first-order chi connectivity index (χ1) is 45.7. The van der Waals surface area contributed by atoms with Crippen molar-refractivity contribution in [1.82, 2.24) is 60.0 Å². The van der Waals surface area contributed by atoms with Gasteiger partial charge in [-0.3, -0.25) is 57.5 Å².